The fourth-order valence-corrected chi connectivity index (χ4v) is 2.99. The first-order chi connectivity index (χ1) is 9.54. The minimum absolute atomic E-state index is 0.00801. The van der Waals surface area contributed by atoms with Crippen LogP contribution in [0.4, 0.5) is 0 Å². The maximum Gasteiger partial charge on any atom is 0.295 e. The van der Waals surface area contributed by atoms with Crippen molar-refractivity contribution in [3.8, 4) is 11.8 Å². The molecule has 110 valence electrons. The van der Waals surface area contributed by atoms with Crippen LogP contribution >= 0.6 is 0 Å². The van der Waals surface area contributed by atoms with Crippen LogP contribution in [0.25, 0.3) is 10.8 Å². The molecular weight excluding hydrogens is 322 g/mol. The molecule has 0 aliphatic rings. The third-order valence-electron chi connectivity index (χ3n) is 2.70. The van der Waals surface area contributed by atoms with E-state index in [0.717, 1.165) is 24.3 Å². The van der Waals surface area contributed by atoms with E-state index in [4.69, 9.17) is 14.4 Å². The van der Waals surface area contributed by atoms with Gasteiger partial charge in [-0.3, -0.25) is 9.11 Å². The van der Waals surface area contributed by atoms with Crippen molar-refractivity contribution >= 4 is 31.0 Å². The van der Waals surface area contributed by atoms with Gasteiger partial charge in [0.05, 0.1) is 10.5 Å². The summed E-state index contributed by atoms with van der Waals surface area (Å²) in [5.41, 5.74) is -0.417. The number of aromatic hydroxyl groups is 1. The average molecular weight is 329 g/mol. The van der Waals surface area contributed by atoms with Gasteiger partial charge in [-0.2, -0.15) is 22.1 Å². The van der Waals surface area contributed by atoms with Crippen LogP contribution in [0, 0.1) is 11.3 Å². The predicted molar refractivity (Wildman–Crippen MR) is 70.0 cm³/mol. The lowest BCUT2D eigenvalue weighted by atomic mass is 10.1. The number of rotatable bonds is 2. The summed E-state index contributed by atoms with van der Waals surface area (Å²) in [6.07, 6.45) is 0. The fraction of sp³-hybridized carbons (Fsp3) is 0. The van der Waals surface area contributed by atoms with Crippen molar-refractivity contribution in [2.24, 2.45) is 0 Å². The quantitative estimate of drug-likeness (QED) is 0.687. The summed E-state index contributed by atoms with van der Waals surface area (Å²) < 4.78 is 62.5. The second kappa shape index (κ2) is 4.68. The molecule has 0 saturated heterocycles. The Morgan fingerprint density at radius 3 is 2.05 bits per heavy atom. The highest BCUT2D eigenvalue weighted by atomic mass is 32.2. The van der Waals surface area contributed by atoms with Crippen LogP contribution in [-0.4, -0.2) is 31.0 Å². The van der Waals surface area contributed by atoms with Crippen molar-refractivity contribution < 1.29 is 31.0 Å². The lowest BCUT2D eigenvalue weighted by molar-refractivity contribution is 0.471. The minimum Gasteiger partial charge on any atom is -0.507 e. The Hall–Kier alpha value is -2.19. The molecular formula is C11H7NO7S2. The van der Waals surface area contributed by atoms with E-state index in [1.54, 1.807) is 6.07 Å². The van der Waals surface area contributed by atoms with Crippen LogP contribution in [0.3, 0.4) is 0 Å². The van der Waals surface area contributed by atoms with Crippen LogP contribution in [0.1, 0.15) is 5.56 Å². The maximum atomic E-state index is 11.2. The summed E-state index contributed by atoms with van der Waals surface area (Å²) in [4.78, 5) is -1.39. The van der Waals surface area contributed by atoms with E-state index in [-0.39, 0.29) is 10.8 Å². The molecule has 8 nitrogen and oxygen atoms in total. The number of benzene rings is 2. The predicted octanol–water partition coefficient (Wildman–Crippen LogP) is 0.910. The fourth-order valence-electron chi connectivity index (χ4n) is 1.79. The van der Waals surface area contributed by atoms with Gasteiger partial charge in [0.15, 0.2) is 0 Å². The van der Waals surface area contributed by atoms with Gasteiger partial charge in [0, 0.05) is 11.5 Å². The third kappa shape index (κ3) is 2.81. The Balaban J connectivity index is 2.98. The number of fused-ring (bicyclic) bond motifs is 1. The Bertz CT molecular complexity index is 1000. The molecule has 0 radical (unpaired) electrons. The van der Waals surface area contributed by atoms with Crippen molar-refractivity contribution in [2.45, 2.75) is 9.79 Å². The molecule has 2 aromatic rings. The van der Waals surface area contributed by atoms with Crippen LogP contribution in [0.2, 0.25) is 0 Å². The SMILES string of the molecule is N#Cc1cc2c(O)cc(S(=O)(=O)O)cc2cc1S(=O)(=O)O. The van der Waals surface area contributed by atoms with E-state index in [2.05, 4.69) is 0 Å². The summed E-state index contributed by atoms with van der Waals surface area (Å²) in [5, 5.41) is 18.5. The van der Waals surface area contributed by atoms with Crippen LogP contribution < -0.4 is 0 Å². The Morgan fingerprint density at radius 2 is 1.57 bits per heavy atom. The second-order valence-electron chi connectivity index (χ2n) is 4.07. The van der Waals surface area contributed by atoms with Gasteiger partial charge in [-0.25, -0.2) is 0 Å². The molecule has 3 N–H and O–H groups in total. The topological polar surface area (TPSA) is 153 Å². The number of hydrogen-bond donors (Lipinski definition) is 3. The zero-order valence-electron chi connectivity index (χ0n) is 10.0. The van der Waals surface area contributed by atoms with Gasteiger partial charge in [-0.1, -0.05) is 0 Å². The van der Waals surface area contributed by atoms with Gasteiger partial charge in [0.2, 0.25) is 0 Å². The van der Waals surface area contributed by atoms with E-state index in [0.29, 0.717) is 0 Å². The molecule has 0 bridgehead atoms. The summed E-state index contributed by atoms with van der Waals surface area (Å²) in [6.45, 7) is 0. The van der Waals surface area contributed by atoms with E-state index in [1.807, 2.05) is 0 Å². The summed E-state index contributed by atoms with van der Waals surface area (Å²) >= 11 is 0. The van der Waals surface area contributed by atoms with Gasteiger partial charge in [-0.05, 0) is 23.6 Å². The highest BCUT2D eigenvalue weighted by Crippen LogP contribution is 2.32. The number of phenolic OH excluding ortho intramolecular Hbond substituents is 1. The van der Waals surface area contributed by atoms with Gasteiger partial charge in [-0.15, -0.1) is 0 Å². The zero-order chi connectivity index (χ0) is 16.0. The number of nitriles is 1. The number of hydrogen-bond acceptors (Lipinski definition) is 6. The number of phenols is 1. The lowest BCUT2D eigenvalue weighted by Crippen LogP contribution is -2.02. The Kier molecular flexibility index (Phi) is 3.38. The first-order valence-electron chi connectivity index (χ1n) is 5.20. The first-order valence-corrected chi connectivity index (χ1v) is 8.08. The molecule has 0 spiro atoms. The smallest absolute Gasteiger partial charge is 0.295 e. The number of nitrogens with zero attached hydrogens (tertiary/aromatic N) is 1. The zero-order valence-corrected chi connectivity index (χ0v) is 11.7. The molecule has 10 heteroatoms. The Labute approximate surface area is 119 Å². The molecule has 0 unspecified atom stereocenters. The van der Waals surface area contributed by atoms with Gasteiger partial charge in [0.1, 0.15) is 16.7 Å². The highest BCUT2D eigenvalue weighted by Gasteiger charge is 2.20. The minimum atomic E-state index is -4.71. The standard InChI is InChI=1S/C11H7NO7S2/c12-5-7-2-9-6(3-11(7)21(17,18)19)1-8(4-10(9)13)20(14,15)16/h1-4,13H,(H,14,15,16)(H,17,18,19). The normalized spacial score (nSPS) is 12.2. The molecule has 0 aliphatic carbocycles. The first kappa shape index (κ1) is 15.2. The van der Waals surface area contributed by atoms with Crippen molar-refractivity contribution in [3.05, 3.63) is 29.8 Å². The lowest BCUT2D eigenvalue weighted by Gasteiger charge is -2.07. The third-order valence-corrected chi connectivity index (χ3v) is 4.43. The molecule has 21 heavy (non-hydrogen) atoms. The second-order valence-corrected chi connectivity index (χ2v) is 6.89. The molecule has 2 aromatic carbocycles. The van der Waals surface area contributed by atoms with Crippen molar-refractivity contribution in [2.75, 3.05) is 0 Å². The van der Waals surface area contributed by atoms with Crippen molar-refractivity contribution in [3.63, 3.8) is 0 Å². The van der Waals surface area contributed by atoms with Crippen LogP contribution in [0.5, 0.6) is 5.75 Å². The summed E-state index contributed by atoms with van der Waals surface area (Å²) in [6, 6.07) is 5.03. The molecule has 0 amide bonds. The largest absolute Gasteiger partial charge is 0.507 e. The Morgan fingerprint density at radius 1 is 0.952 bits per heavy atom. The molecule has 2 rings (SSSR count). The van der Waals surface area contributed by atoms with Gasteiger partial charge < -0.3 is 5.11 Å². The van der Waals surface area contributed by atoms with Crippen LogP contribution in [0.15, 0.2) is 34.1 Å². The molecule has 0 fully saturated rings. The summed E-state index contributed by atoms with van der Waals surface area (Å²) in [7, 11) is -9.33. The van der Waals surface area contributed by atoms with E-state index in [9.17, 15) is 21.9 Å². The van der Waals surface area contributed by atoms with Crippen molar-refractivity contribution in [1.29, 1.82) is 5.26 Å². The van der Waals surface area contributed by atoms with Gasteiger partial charge >= 0.3 is 0 Å². The van der Waals surface area contributed by atoms with Crippen molar-refractivity contribution in [1.82, 2.24) is 0 Å². The van der Waals surface area contributed by atoms with Gasteiger partial charge in [0.25, 0.3) is 20.2 Å². The monoisotopic (exact) mass is 329 g/mol. The van der Waals surface area contributed by atoms with E-state index >= 15 is 0 Å². The molecule has 0 aliphatic heterocycles. The molecule has 0 heterocycles. The molecule has 0 aromatic heterocycles. The molecule has 0 saturated carbocycles. The van der Waals surface area contributed by atoms with E-state index in [1.165, 1.54) is 0 Å². The maximum absolute atomic E-state index is 11.2. The highest BCUT2D eigenvalue weighted by molar-refractivity contribution is 7.86. The summed E-state index contributed by atoms with van der Waals surface area (Å²) in [5.74, 6) is -0.571. The van der Waals surface area contributed by atoms with Crippen LogP contribution in [-0.2, 0) is 20.2 Å². The molecule has 0 atom stereocenters. The van der Waals surface area contributed by atoms with E-state index < -0.39 is 41.3 Å². The average Bonchev–Trinajstić information content (AvgIpc) is 2.35.